The summed E-state index contributed by atoms with van der Waals surface area (Å²) in [5.41, 5.74) is 4.42. The smallest absolute Gasteiger partial charge is 0.186 e. The summed E-state index contributed by atoms with van der Waals surface area (Å²) in [5.74, 6) is 1.21. The highest BCUT2D eigenvalue weighted by Crippen LogP contribution is 2.25. The van der Waals surface area contributed by atoms with Crippen molar-refractivity contribution in [3.05, 3.63) is 84.2 Å². The molecule has 6 heteroatoms. The highest BCUT2D eigenvalue weighted by Gasteiger charge is 2.17. The maximum Gasteiger partial charge on any atom is 0.186 e. The SMILES string of the molecule is CCCCCCCCOc1ccc(-c2ccc(C(=O)CC(=O)c3ccc(-c4ccc(OCCCCCCCC)cc4)[nH]3)[nH]2)cc1. The molecule has 0 amide bonds. The molecule has 0 atom stereocenters. The van der Waals surface area contributed by atoms with E-state index >= 15 is 0 Å². The number of ketones is 2. The van der Waals surface area contributed by atoms with E-state index in [1.165, 1.54) is 64.2 Å². The average molecular weight is 611 g/mol. The standard InChI is InChI=1S/C39H50N2O4/c1-3-5-7-9-11-13-27-44-32-19-15-30(16-20-32)34-23-25-36(40-34)38(42)29-39(43)37-26-24-35(41-37)31-17-21-33(22-18-31)45-28-14-12-10-8-6-4-2/h15-26,40-41H,3-14,27-29H2,1-2H3. The Labute approximate surface area is 269 Å². The molecule has 240 valence electrons. The van der Waals surface area contributed by atoms with E-state index in [4.69, 9.17) is 9.47 Å². The van der Waals surface area contributed by atoms with Crippen molar-refractivity contribution < 1.29 is 19.1 Å². The summed E-state index contributed by atoms with van der Waals surface area (Å²) in [7, 11) is 0. The first kappa shape index (κ1) is 33.8. The number of hydrogen-bond acceptors (Lipinski definition) is 4. The number of H-pyrrole nitrogens is 2. The molecule has 0 saturated heterocycles. The Kier molecular flexibility index (Phi) is 14.0. The Morgan fingerprint density at radius 3 is 1.27 bits per heavy atom. The molecule has 2 aromatic heterocycles. The van der Waals surface area contributed by atoms with Crippen molar-refractivity contribution >= 4 is 11.6 Å². The molecule has 45 heavy (non-hydrogen) atoms. The fourth-order valence-electron chi connectivity index (χ4n) is 5.39. The molecule has 0 aliphatic heterocycles. The van der Waals surface area contributed by atoms with Crippen molar-refractivity contribution in [2.45, 2.75) is 97.3 Å². The second kappa shape index (κ2) is 18.7. The first-order valence-electron chi connectivity index (χ1n) is 17.0. The fourth-order valence-corrected chi connectivity index (χ4v) is 5.39. The number of carbonyl (C=O) groups is 2. The van der Waals surface area contributed by atoms with Gasteiger partial charge in [-0.05, 0) is 96.8 Å². The number of hydrogen-bond donors (Lipinski definition) is 2. The van der Waals surface area contributed by atoms with Gasteiger partial charge in [0, 0.05) is 11.4 Å². The summed E-state index contributed by atoms with van der Waals surface area (Å²) in [6.45, 7) is 5.91. The van der Waals surface area contributed by atoms with Crippen LogP contribution in [0, 0.1) is 0 Å². The van der Waals surface area contributed by atoms with E-state index < -0.39 is 0 Å². The van der Waals surface area contributed by atoms with Gasteiger partial charge in [-0.1, -0.05) is 78.1 Å². The van der Waals surface area contributed by atoms with Crippen LogP contribution in [-0.4, -0.2) is 34.7 Å². The van der Waals surface area contributed by atoms with Crippen LogP contribution in [0.4, 0.5) is 0 Å². The predicted octanol–water partition coefficient (Wildman–Crippen LogP) is 10.6. The van der Waals surface area contributed by atoms with Gasteiger partial charge in [-0.2, -0.15) is 0 Å². The average Bonchev–Trinajstić information content (AvgIpc) is 3.76. The summed E-state index contributed by atoms with van der Waals surface area (Å²) in [6.07, 6.45) is 14.6. The molecule has 2 heterocycles. The van der Waals surface area contributed by atoms with E-state index in [0.717, 1.165) is 60.1 Å². The normalized spacial score (nSPS) is 11.1. The molecule has 6 nitrogen and oxygen atoms in total. The van der Waals surface area contributed by atoms with Crippen LogP contribution in [0.25, 0.3) is 22.5 Å². The first-order valence-corrected chi connectivity index (χ1v) is 17.0. The van der Waals surface area contributed by atoms with Crippen molar-refractivity contribution in [1.82, 2.24) is 9.97 Å². The Balaban J connectivity index is 1.21. The van der Waals surface area contributed by atoms with E-state index in [1.807, 2.05) is 60.7 Å². The second-order valence-electron chi connectivity index (χ2n) is 11.9. The van der Waals surface area contributed by atoms with Gasteiger partial charge in [0.2, 0.25) is 0 Å². The lowest BCUT2D eigenvalue weighted by molar-refractivity contribution is 0.0889. The second-order valence-corrected chi connectivity index (χ2v) is 11.9. The highest BCUT2D eigenvalue weighted by atomic mass is 16.5. The van der Waals surface area contributed by atoms with Gasteiger partial charge in [0.25, 0.3) is 0 Å². The van der Waals surface area contributed by atoms with Gasteiger partial charge in [0.15, 0.2) is 11.6 Å². The Bertz CT molecular complexity index is 1320. The molecule has 0 aliphatic rings. The minimum atomic E-state index is -0.242. The van der Waals surface area contributed by atoms with Crippen molar-refractivity contribution in [3.8, 4) is 34.0 Å². The molecular weight excluding hydrogens is 560 g/mol. The van der Waals surface area contributed by atoms with Gasteiger partial charge in [-0.25, -0.2) is 0 Å². The number of rotatable bonds is 22. The molecule has 2 N–H and O–H groups in total. The number of benzene rings is 2. The van der Waals surface area contributed by atoms with Gasteiger partial charge < -0.3 is 19.4 Å². The van der Waals surface area contributed by atoms with Crippen LogP contribution in [-0.2, 0) is 0 Å². The summed E-state index contributed by atoms with van der Waals surface area (Å²) in [4.78, 5) is 32.3. The molecule has 0 spiro atoms. The molecule has 4 rings (SSSR count). The first-order chi connectivity index (χ1) is 22.1. The molecule has 4 aromatic rings. The van der Waals surface area contributed by atoms with Gasteiger partial charge >= 0.3 is 0 Å². The Morgan fingerprint density at radius 1 is 0.489 bits per heavy atom. The van der Waals surface area contributed by atoms with Gasteiger partial charge in [-0.15, -0.1) is 0 Å². The van der Waals surface area contributed by atoms with Crippen molar-refractivity contribution in [3.63, 3.8) is 0 Å². The number of aromatic nitrogens is 2. The summed E-state index contributed by atoms with van der Waals surface area (Å²) < 4.78 is 11.8. The van der Waals surface area contributed by atoms with Crippen LogP contribution in [0.2, 0.25) is 0 Å². The van der Waals surface area contributed by atoms with Gasteiger partial charge in [0.1, 0.15) is 11.5 Å². The van der Waals surface area contributed by atoms with E-state index in [2.05, 4.69) is 23.8 Å². The van der Waals surface area contributed by atoms with Crippen molar-refractivity contribution in [1.29, 1.82) is 0 Å². The monoisotopic (exact) mass is 610 g/mol. The Morgan fingerprint density at radius 2 is 0.867 bits per heavy atom. The third-order valence-electron chi connectivity index (χ3n) is 8.16. The van der Waals surface area contributed by atoms with Crippen LogP contribution in [0.1, 0.15) is 118 Å². The van der Waals surface area contributed by atoms with Gasteiger partial charge in [0.05, 0.1) is 31.0 Å². The molecule has 0 fully saturated rings. The fraction of sp³-hybridized carbons (Fsp3) is 0.436. The number of ether oxygens (including phenoxy) is 2. The van der Waals surface area contributed by atoms with Gasteiger partial charge in [-0.3, -0.25) is 9.59 Å². The molecule has 0 unspecified atom stereocenters. The minimum Gasteiger partial charge on any atom is -0.494 e. The maximum atomic E-state index is 12.9. The summed E-state index contributed by atoms with van der Waals surface area (Å²) in [6, 6.07) is 23.0. The molecular formula is C39H50N2O4. The lowest BCUT2D eigenvalue weighted by Gasteiger charge is -2.07. The molecule has 0 saturated carbocycles. The molecule has 0 aliphatic carbocycles. The zero-order valence-electron chi connectivity index (χ0n) is 27.2. The van der Waals surface area contributed by atoms with Crippen molar-refractivity contribution in [2.24, 2.45) is 0 Å². The lowest BCUT2D eigenvalue weighted by Crippen LogP contribution is -2.09. The van der Waals surface area contributed by atoms with E-state index in [0.29, 0.717) is 11.4 Å². The maximum absolute atomic E-state index is 12.9. The number of carbonyl (C=O) groups excluding carboxylic acids is 2. The third kappa shape index (κ3) is 11.1. The van der Waals surface area contributed by atoms with E-state index in [-0.39, 0.29) is 18.0 Å². The molecule has 0 bridgehead atoms. The van der Waals surface area contributed by atoms with Crippen LogP contribution >= 0.6 is 0 Å². The van der Waals surface area contributed by atoms with Crippen LogP contribution in [0.5, 0.6) is 11.5 Å². The number of unbranched alkanes of at least 4 members (excludes halogenated alkanes) is 10. The van der Waals surface area contributed by atoms with E-state index in [9.17, 15) is 9.59 Å². The zero-order chi connectivity index (χ0) is 31.7. The minimum absolute atomic E-state index is 0.212. The summed E-state index contributed by atoms with van der Waals surface area (Å²) in [5, 5.41) is 0. The molecule has 0 radical (unpaired) electrons. The zero-order valence-corrected chi connectivity index (χ0v) is 27.2. The molecule has 2 aromatic carbocycles. The summed E-state index contributed by atoms with van der Waals surface area (Å²) >= 11 is 0. The number of nitrogens with one attached hydrogen (secondary N) is 2. The quantitative estimate of drug-likeness (QED) is 0.0527. The van der Waals surface area contributed by atoms with Crippen LogP contribution < -0.4 is 9.47 Å². The third-order valence-corrected chi connectivity index (χ3v) is 8.16. The number of Topliss-reactive ketones (excluding diaryl/α,β-unsaturated/α-hetero) is 2. The largest absolute Gasteiger partial charge is 0.494 e. The number of aromatic amines is 2. The lowest BCUT2D eigenvalue weighted by atomic mass is 10.1. The topological polar surface area (TPSA) is 84.2 Å². The predicted molar refractivity (Wildman–Crippen MR) is 183 cm³/mol. The van der Waals surface area contributed by atoms with Crippen LogP contribution in [0.3, 0.4) is 0 Å². The van der Waals surface area contributed by atoms with Crippen LogP contribution in [0.15, 0.2) is 72.8 Å². The Hall–Kier alpha value is -4.06. The highest BCUT2D eigenvalue weighted by molar-refractivity contribution is 6.12. The van der Waals surface area contributed by atoms with Crippen molar-refractivity contribution in [2.75, 3.05) is 13.2 Å². The van der Waals surface area contributed by atoms with E-state index in [1.54, 1.807) is 12.1 Å².